The van der Waals surface area contributed by atoms with Crippen LogP contribution in [0.2, 0.25) is 0 Å². The Labute approximate surface area is 151 Å². The van der Waals surface area contributed by atoms with Gasteiger partial charge in [-0.3, -0.25) is 4.52 Å². The largest absolute Gasteiger partial charge is 0.480 e. The van der Waals surface area contributed by atoms with E-state index in [2.05, 4.69) is 0 Å². The lowest BCUT2D eigenvalue weighted by atomic mass is 9.99. The van der Waals surface area contributed by atoms with Crippen molar-refractivity contribution in [1.82, 2.24) is 0 Å². The van der Waals surface area contributed by atoms with E-state index >= 15 is 0 Å². The third-order valence-electron chi connectivity index (χ3n) is 2.29. The number of halogens is 5. The molecule has 0 heterocycles. The molecule has 0 saturated carbocycles. The molecule has 10 heteroatoms. The summed E-state index contributed by atoms with van der Waals surface area (Å²) < 4.78 is 24.6. The van der Waals surface area contributed by atoms with Crippen LogP contribution < -0.4 is 0 Å². The molecule has 0 bridgehead atoms. The molecular formula is C11H20Cl5O4P. The lowest BCUT2D eigenvalue weighted by molar-refractivity contribution is 0.0522. The summed E-state index contributed by atoms with van der Waals surface area (Å²) in [4.78, 5) is 0. The summed E-state index contributed by atoms with van der Waals surface area (Å²) in [7, 11) is -4.19. The molecule has 0 unspecified atom stereocenters. The van der Waals surface area contributed by atoms with Crippen molar-refractivity contribution in [2.24, 2.45) is 5.41 Å². The average molecular weight is 425 g/mol. The zero-order chi connectivity index (χ0) is 16.9. The molecule has 128 valence electrons. The quantitative estimate of drug-likeness (QED) is 0.297. The van der Waals surface area contributed by atoms with Crippen LogP contribution in [0.15, 0.2) is 0 Å². The molecule has 0 aliphatic rings. The Hall–Kier alpha value is 1.56. The van der Waals surface area contributed by atoms with Crippen molar-refractivity contribution in [1.29, 1.82) is 0 Å². The lowest BCUT2D eigenvalue weighted by Gasteiger charge is -2.31. The van der Waals surface area contributed by atoms with Crippen LogP contribution in [0.25, 0.3) is 0 Å². The van der Waals surface area contributed by atoms with Crippen LogP contribution >= 0.6 is 65.8 Å². The molecule has 0 saturated heterocycles. The van der Waals surface area contributed by atoms with Gasteiger partial charge in [0.2, 0.25) is 9.04 Å². The fraction of sp³-hybridized carbons (Fsp3) is 1.00. The van der Waals surface area contributed by atoms with Gasteiger partial charge >= 0.3 is 7.82 Å². The van der Waals surface area contributed by atoms with Crippen LogP contribution in [-0.2, 0) is 18.1 Å². The molecule has 0 aromatic heterocycles. The molecule has 0 spiro atoms. The standard InChI is InChI=1S/C11H20Cl5O4P/c1-5-10(13,14)19-21(17,20-11(15,16)6-2)18-8-9(3,4)7-12/h5-8H2,1-4H3. The molecule has 4 nitrogen and oxygen atoms in total. The molecule has 0 aliphatic heterocycles. The van der Waals surface area contributed by atoms with E-state index in [1.165, 1.54) is 0 Å². The Morgan fingerprint density at radius 3 is 1.62 bits per heavy atom. The molecule has 0 N–H and O–H groups in total. The van der Waals surface area contributed by atoms with E-state index in [9.17, 15) is 4.57 Å². The third kappa shape index (κ3) is 9.44. The van der Waals surface area contributed by atoms with E-state index in [0.717, 1.165) is 0 Å². The number of phosphoric ester groups is 1. The SMILES string of the molecule is CCC(Cl)(Cl)OP(=O)(OCC(C)(C)CCl)OC(Cl)(Cl)CC. The van der Waals surface area contributed by atoms with E-state index in [4.69, 9.17) is 71.6 Å². The van der Waals surface area contributed by atoms with Crippen LogP contribution in [0.4, 0.5) is 0 Å². The minimum absolute atomic E-state index is 0.0189. The summed E-state index contributed by atoms with van der Waals surface area (Å²) in [6, 6.07) is 0. The first kappa shape index (κ1) is 22.6. The van der Waals surface area contributed by atoms with Crippen molar-refractivity contribution in [2.75, 3.05) is 12.5 Å². The smallest absolute Gasteiger partial charge is 0.286 e. The molecule has 0 rings (SSSR count). The van der Waals surface area contributed by atoms with Gasteiger partial charge in [-0.15, -0.1) is 11.6 Å². The maximum absolute atomic E-state index is 12.7. The Kier molecular flexibility index (Phi) is 9.24. The fourth-order valence-corrected chi connectivity index (χ4v) is 3.47. The Balaban J connectivity index is 5.14. The highest BCUT2D eigenvalue weighted by atomic mass is 35.5. The van der Waals surface area contributed by atoms with E-state index in [1.807, 2.05) is 13.8 Å². The number of hydrogen-bond acceptors (Lipinski definition) is 4. The van der Waals surface area contributed by atoms with Gasteiger partial charge < -0.3 is 0 Å². The number of hydrogen-bond donors (Lipinski definition) is 0. The maximum Gasteiger partial charge on any atom is 0.480 e. The van der Waals surface area contributed by atoms with Gasteiger partial charge in [-0.1, -0.05) is 74.1 Å². The molecule has 0 aromatic carbocycles. The normalized spacial score (nSPS) is 14.5. The molecular weight excluding hydrogens is 404 g/mol. The van der Waals surface area contributed by atoms with E-state index in [0.29, 0.717) is 0 Å². The second-order valence-corrected chi connectivity index (χ2v) is 9.80. The van der Waals surface area contributed by atoms with Crippen molar-refractivity contribution in [3.8, 4) is 0 Å². The molecule has 0 aliphatic carbocycles. The van der Waals surface area contributed by atoms with Crippen LogP contribution in [0.1, 0.15) is 40.5 Å². The first-order chi connectivity index (χ1) is 9.30. The maximum atomic E-state index is 12.7. The molecule has 0 atom stereocenters. The van der Waals surface area contributed by atoms with Crippen molar-refractivity contribution in [2.45, 2.75) is 49.6 Å². The first-order valence-electron chi connectivity index (χ1n) is 6.28. The van der Waals surface area contributed by atoms with Crippen molar-refractivity contribution >= 4 is 65.8 Å². The van der Waals surface area contributed by atoms with Crippen LogP contribution in [0, 0.1) is 5.41 Å². The monoisotopic (exact) mass is 422 g/mol. The van der Waals surface area contributed by atoms with Crippen LogP contribution in [0.5, 0.6) is 0 Å². The predicted molar refractivity (Wildman–Crippen MR) is 89.7 cm³/mol. The van der Waals surface area contributed by atoms with Gasteiger partial charge in [0.05, 0.1) is 6.61 Å². The Bertz CT molecular complexity index is 354. The third-order valence-corrected chi connectivity index (χ3v) is 6.34. The zero-order valence-corrected chi connectivity index (χ0v) is 17.0. The van der Waals surface area contributed by atoms with Gasteiger partial charge in [0.1, 0.15) is 0 Å². The van der Waals surface area contributed by atoms with Crippen LogP contribution in [-0.4, -0.2) is 21.5 Å². The summed E-state index contributed by atoms with van der Waals surface area (Å²) >= 11 is 29.2. The van der Waals surface area contributed by atoms with Gasteiger partial charge in [-0.05, 0) is 0 Å². The Morgan fingerprint density at radius 1 is 0.952 bits per heavy atom. The molecule has 0 radical (unpaired) electrons. The highest BCUT2D eigenvalue weighted by Gasteiger charge is 2.44. The van der Waals surface area contributed by atoms with E-state index in [1.54, 1.807) is 13.8 Å². The highest BCUT2D eigenvalue weighted by Crippen LogP contribution is 2.60. The van der Waals surface area contributed by atoms with Gasteiger partial charge in [0, 0.05) is 24.1 Å². The number of alkyl halides is 5. The molecule has 21 heavy (non-hydrogen) atoms. The lowest BCUT2D eigenvalue weighted by Crippen LogP contribution is -2.26. The minimum Gasteiger partial charge on any atom is -0.286 e. The number of rotatable bonds is 10. The average Bonchev–Trinajstić information content (AvgIpc) is 2.35. The van der Waals surface area contributed by atoms with Gasteiger partial charge in [-0.25, -0.2) is 13.6 Å². The minimum atomic E-state index is -4.19. The highest BCUT2D eigenvalue weighted by molar-refractivity contribution is 7.48. The summed E-state index contributed by atoms with van der Waals surface area (Å²) in [5, 5.41) is 0. The second kappa shape index (κ2) is 8.60. The summed E-state index contributed by atoms with van der Waals surface area (Å²) in [6.07, 6.45) is 0.296. The predicted octanol–water partition coefficient (Wildman–Crippen LogP) is 6.49. The molecule has 0 aromatic rings. The van der Waals surface area contributed by atoms with Gasteiger partial charge in [0.15, 0.2) is 0 Å². The van der Waals surface area contributed by atoms with Gasteiger partial charge in [-0.2, -0.15) is 0 Å². The van der Waals surface area contributed by atoms with Crippen molar-refractivity contribution in [3.63, 3.8) is 0 Å². The van der Waals surface area contributed by atoms with Crippen molar-refractivity contribution in [3.05, 3.63) is 0 Å². The number of phosphoric acid groups is 1. The zero-order valence-electron chi connectivity index (χ0n) is 12.3. The topological polar surface area (TPSA) is 44.8 Å². The summed E-state index contributed by atoms with van der Waals surface area (Å²) in [6.45, 7) is 6.89. The van der Waals surface area contributed by atoms with Crippen molar-refractivity contribution < 1.29 is 18.1 Å². The second-order valence-electron chi connectivity index (χ2n) is 5.18. The summed E-state index contributed by atoms with van der Waals surface area (Å²) in [5.74, 6) is 0.272. The van der Waals surface area contributed by atoms with Crippen LogP contribution in [0.3, 0.4) is 0 Å². The molecule has 0 amide bonds. The van der Waals surface area contributed by atoms with E-state index in [-0.39, 0.29) is 25.3 Å². The molecule has 0 fully saturated rings. The first-order valence-corrected chi connectivity index (χ1v) is 9.79. The Morgan fingerprint density at radius 2 is 1.33 bits per heavy atom. The van der Waals surface area contributed by atoms with Gasteiger partial charge in [0.25, 0.3) is 0 Å². The summed E-state index contributed by atoms with van der Waals surface area (Å²) in [5.41, 5.74) is -0.467. The fourth-order valence-electron chi connectivity index (χ4n) is 0.820. The van der Waals surface area contributed by atoms with E-state index < -0.39 is 22.3 Å².